The molecule has 0 radical (unpaired) electrons. The Morgan fingerprint density at radius 1 is 1.47 bits per heavy atom. The van der Waals surface area contributed by atoms with E-state index in [1.54, 1.807) is 6.07 Å². The van der Waals surface area contributed by atoms with Crippen LogP contribution in [0.2, 0.25) is 0 Å². The summed E-state index contributed by atoms with van der Waals surface area (Å²) in [6.07, 6.45) is 1.96. The third kappa shape index (κ3) is 2.27. The summed E-state index contributed by atoms with van der Waals surface area (Å²) in [5, 5.41) is 24.7. The van der Waals surface area contributed by atoms with Crippen LogP contribution in [-0.4, -0.2) is 36.5 Å². The van der Waals surface area contributed by atoms with Crippen molar-refractivity contribution in [1.82, 2.24) is 25.3 Å². The molecule has 2 aromatic rings. The second kappa shape index (κ2) is 4.31. The first-order chi connectivity index (χ1) is 7.29. The van der Waals surface area contributed by atoms with Crippen molar-refractivity contribution in [2.24, 2.45) is 0 Å². The molecule has 2 heterocycles. The third-order valence-electron chi connectivity index (χ3n) is 2.19. The minimum Gasteiger partial charge on any atom is -0.393 e. The van der Waals surface area contributed by atoms with Gasteiger partial charge in [0.15, 0.2) is 5.65 Å². The second-order valence-corrected chi connectivity index (χ2v) is 3.50. The molecule has 6 heteroatoms. The molecule has 0 aliphatic heterocycles. The Morgan fingerprint density at radius 2 is 2.33 bits per heavy atom. The summed E-state index contributed by atoms with van der Waals surface area (Å²) in [6.45, 7) is 2.04. The Morgan fingerprint density at radius 3 is 3.13 bits per heavy atom. The Kier molecular flexibility index (Phi) is 2.86. The third-order valence-corrected chi connectivity index (χ3v) is 2.19. The first-order valence-electron chi connectivity index (χ1n) is 5.02. The maximum atomic E-state index is 9.62. The lowest BCUT2D eigenvalue weighted by molar-refractivity contribution is 0.162. The van der Waals surface area contributed by atoms with E-state index in [9.17, 15) is 5.11 Å². The fourth-order valence-electron chi connectivity index (χ4n) is 1.47. The van der Waals surface area contributed by atoms with Crippen molar-refractivity contribution in [3.05, 3.63) is 17.8 Å². The second-order valence-electron chi connectivity index (χ2n) is 3.50. The Balaban J connectivity index is 2.14. The van der Waals surface area contributed by atoms with Crippen LogP contribution in [0, 0.1) is 0 Å². The van der Waals surface area contributed by atoms with E-state index in [1.165, 1.54) is 4.63 Å². The van der Waals surface area contributed by atoms with Crippen LogP contribution >= 0.6 is 0 Å². The van der Waals surface area contributed by atoms with Gasteiger partial charge in [0.05, 0.1) is 11.8 Å². The minimum atomic E-state index is -0.337. The van der Waals surface area contributed by atoms with Crippen LogP contribution in [0.15, 0.2) is 12.1 Å². The maximum Gasteiger partial charge on any atom is 0.199 e. The van der Waals surface area contributed by atoms with Crippen LogP contribution in [0.4, 0.5) is 0 Å². The maximum absolute atomic E-state index is 9.62. The minimum absolute atomic E-state index is 0.337. The summed E-state index contributed by atoms with van der Waals surface area (Å²) < 4.78 is 1.37. The van der Waals surface area contributed by atoms with E-state index in [1.807, 2.05) is 13.0 Å². The summed E-state index contributed by atoms with van der Waals surface area (Å²) >= 11 is 0. The van der Waals surface area contributed by atoms with E-state index < -0.39 is 0 Å². The summed E-state index contributed by atoms with van der Waals surface area (Å²) in [4.78, 5) is 0. The molecule has 1 N–H and O–H groups in total. The molecular weight excluding hydrogens is 194 g/mol. The molecule has 1 atom stereocenters. The van der Waals surface area contributed by atoms with E-state index in [0.29, 0.717) is 12.1 Å². The highest BCUT2D eigenvalue weighted by Gasteiger charge is 2.07. The fourth-order valence-corrected chi connectivity index (χ4v) is 1.47. The molecule has 15 heavy (non-hydrogen) atoms. The predicted molar refractivity (Wildman–Crippen MR) is 53.2 cm³/mol. The Bertz CT molecular complexity index is 441. The SMILES string of the molecule is CCCC(O)Cc1ccc2nnnn2n1. The Hall–Kier alpha value is -1.56. The van der Waals surface area contributed by atoms with Gasteiger partial charge in [-0.3, -0.25) is 0 Å². The Labute approximate surface area is 86.9 Å². The number of fused-ring (bicyclic) bond motifs is 1. The number of nitrogens with zero attached hydrogens (tertiary/aromatic N) is 5. The molecule has 0 spiro atoms. The van der Waals surface area contributed by atoms with Gasteiger partial charge in [-0.1, -0.05) is 13.3 Å². The van der Waals surface area contributed by atoms with Crippen molar-refractivity contribution in [3.63, 3.8) is 0 Å². The van der Waals surface area contributed by atoms with E-state index in [-0.39, 0.29) is 6.10 Å². The zero-order chi connectivity index (χ0) is 10.7. The highest BCUT2D eigenvalue weighted by atomic mass is 16.3. The number of rotatable bonds is 4. The number of aliphatic hydroxyl groups is 1. The highest BCUT2D eigenvalue weighted by Crippen LogP contribution is 2.05. The molecule has 0 aliphatic carbocycles. The average molecular weight is 207 g/mol. The van der Waals surface area contributed by atoms with Crippen LogP contribution in [0.5, 0.6) is 0 Å². The van der Waals surface area contributed by atoms with E-state index in [4.69, 9.17) is 0 Å². The molecular formula is C9H13N5O. The molecule has 0 aromatic carbocycles. The zero-order valence-electron chi connectivity index (χ0n) is 8.54. The quantitative estimate of drug-likeness (QED) is 0.776. The lowest BCUT2D eigenvalue weighted by Crippen LogP contribution is -2.12. The fraction of sp³-hybridized carbons (Fsp3) is 0.556. The standard InChI is InChI=1S/C9H13N5O/c1-2-3-8(15)6-7-4-5-9-10-12-13-14(9)11-7/h4-5,8,15H,2-3,6H2,1H3. The number of tetrazole rings is 1. The van der Waals surface area contributed by atoms with Gasteiger partial charge in [-0.05, 0) is 29.0 Å². The first-order valence-corrected chi connectivity index (χ1v) is 5.02. The van der Waals surface area contributed by atoms with Crippen LogP contribution in [0.1, 0.15) is 25.5 Å². The van der Waals surface area contributed by atoms with Crippen molar-refractivity contribution < 1.29 is 5.11 Å². The van der Waals surface area contributed by atoms with Crippen LogP contribution < -0.4 is 0 Å². The van der Waals surface area contributed by atoms with Gasteiger partial charge in [-0.25, -0.2) is 0 Å². The van der Waals surface area contributed by atoms with Gasteiger partial charge in [0.1, 0.15) is 0 Å². The van der Waals surface area contributed by atoms with Gasteiger partial charge in [0, 0.05) is 6.42 Å². The van der Waals surface area contributed by atoms with Crippen molar-refractivity contribution in [1.29, 1.82) is 0 Å². The molecule has 2 aromatic heterocycles. The van der Waals surface area contributed by atoms with E-state index >= 15 is 0 Å². The number of hydrogen-bond donors (Lipinski definition) is 1. The number of aromatic nitrogens is 5. The van der Waals surface area contributed by atoms with Gasteiger partial charge in [0.2, 0.25) is 0 Å². The van der Waals surface area contributed by atoms with Gasteiger partial charge >= 0.3 is 0 Å². The molecule has 0 bridgehead atoms. The van der Waals surface area contributed by atoms with Crippen molar-refractivity contribution >= 4 is 5.65 Å². The van der Waals surface area contributed by atoms with Crippen molar-refractivity contribution in [3.8, 4) is 0 Å². The molecule has 6 nitrogen and oxygen atoms in total. The molecule has 0 fully saturated rings. The highest BCUT2D eigenvalue weighted by molar-refractivity contribution is 5.32. The van der Waals surface area contributed by atoms with E-state index in [2.05, 4.69) is 20.6 Å². The molecule has 0 saturated carbocycles. The molecule has 0 saturated heterocycles. The average Bonchev–Trinajstić information content (AvgIpc) is 2.65. The molecule has 0 amide bonds. The normalized spacial score (nSPS) is 13.2. The molecule has 0 aliphatic rings. The van der Waals surface area contributed by atoms with Gasteiger partial charge in [0.25, 0.3) is 0 Å². The number of hydrogen-bond acceptors (Lipinski definition) is 5. The summed E-state index contributed by atoms with van der Waals surface area (Å²) in [5.74, 6) is 0. The van der Waals surface area contributed by atoms with Gasteiger partial charge in [-0.2, -0.15) is 5.10 Å². The van der Waals surface area contributed by atoms with Gasteiger partial charge in [-0.15, -0.1) is 9.73 Å². The molecule has 2 rings (SSSR count). The monoisotopic (exact) mass is 207 g/mol. The predicted octanol–water partition coefficient (Wildman–Crippen LogP) is 0.223. The summed E-state index contributed by atoms with van der Waals surface area (Å²) in [5.41, 5.74) is 1.42. The van der Waals surface area contributed by atoms with Crippen molar-refractivity contribution in [2.45, 2.75) is 32.3 Å². The topological polar surface area (TPSA) is 76.2 Å². The van der Waals surface area contributed by atoms with Crippen LogP contribution in [-0.2, 0) is 6.42 Å². The summed E-state index contributed by atoms with van der Waals surface area (Å²) in [6, 6.07) is 3.63. The molecule has 1 unspecified atom stereocenters. The zero-order valence-corrected chi connectivity index (χ0v) is 8.54. The smallest absolute Gasteiger partial charge is 0.199 e. The van der Waals surface area contributed by atoms with Crippen LogP contribution in [0.3, 0.4) is 0 Å². The lowest BCUT2D eigenvalue weighted by Gasteiger charge is -2.07. The number of aliphatic hydroxyl groups excluding tert-OH is 1. The van der Waals surface area contributed by atoms with Crippen LogP contribution in [0.25, 0.3) is 5.65 Å². The van der Waals surface area contributed by atoms with E-state index in [0.717, 1.165) is 18.5 Å². The van der Waals surface area contributed by atoms with Crippen molar-refractivity contribution in [2.75, 3.05) is 0 Å². The lowest BCUT2D eigenvalue weighted by atomic mass is 10.1. The molecule has 80 valence electrons. The van der Waals surface area contributed by atoms with Gasteiger partial charge < -0.3 is 5.11 Å². The summed E-state index contributed by atoms with van der Waals surface area (Å²) in [7, 11) is 0. The largest absolute Gasteiger partial charge is 0.393 e. The first kappa shape index (κ1) is 9.97.